The number of nitrogens with zero attached hydrogens (tertiary/aromatic N) is 2. The van der Waals surface area contributed by atoms with Gasteiger partial charge in [-0.1, -0.05) is 6.92 Å². The van der Waals surface area contributed by atoms with Crippen LogP contribution in [-0.4, -0.2) is 16.3 Å². The molecule has 0 bridgehead atoms. The number of hydrogen-bond acceptors (Lipinski definition) is 3. The Morgan fingerprint density at radius 2 is 2.39 bits per heavy atom. The standard InChI is InChI=1S/C13H18BrN3S/c1-3-15-12(13-6-11(14)9-18-13)5-4-10-7-16-17(2)8-10/h6-9,12,15H,3-5H2,1-2H3. The van der Waals surface area contributed by atoms with Crippen molar-refractivity contribution in [3.63, 3.8) is 0 Å². The Kier molecular flexibility index (Phi) is 4.97. The van der Waals surface area contributed by atoms with Crippen molar-refractivity contribution in [2.24, 2.45) is 7.05 Å². The van der Waals surface area contributed by atoms with E-state index in [0.717, 1.165) is 19.4 Å². The lowest BCUT2D eigenvalue weighted by Gasteiger charge is -2.15. The van der Waals surface area contributed by atoms with Crippen molar-refractivity contribution in [2.75, 3.05) is 6.54 Å². The second kappa shape index (κ2) is 6.50. The molecule has 0 aliphatic rings. The van der Waals surface area contributed by atoms with Gasteiger partial charge in [-0.15, -0.1) is 11.3 Å². The molecule has 2 aromatic heterocycles. The Bertz CT molecular complexity index is 492. The van der Waals surface area contributed by atoms with Gasteiger partial charge in [-0.3, -0.25) is 4.68 Å². The van der Waals surface area contributed by atoms with E-state index in [2.05, 4.69) is 50.9 Å². The number of hydrogen-bond donors (Lipinski definition) is 1. The van der Waals surface area contributed by atoms with Crippen molar-refractivity contribution in [3.8, 4) is 0 Å². The summed E-state index contributed by atoms with van der Waals surface area (Å²) in [7, 11) is 1.96. The summed E-state index contributed by atoms with van der Waals surface area (Å²) >= 11 is 5.33. The van der Waals surface area contributed by atoms with Gasteiger partial charge in [-0.25, -0.2) is 0 Å². The predicted molar refractivity (Wildman–Crippen MR) is 80.0 cm³/mol. The SMILES string of the molecule is CCNC(CCc1cnn(C)c1)c1cc(Br)cs1. The summed E-state index contributed by atoms with van der Waals surface area (Å²) in [5, 5.41) is 9.90. The van der Waals surface area contributed by atoms with E-state index in [-0.39, 0.29) is 0 Å². The fourth-order valence-corrected chi connectivity index (χ4v) is 3.57. The van der Waals surface area contributed by atoms with E-state index in [9.17, 15) is 0 Å². The molecule has 98 valence electrons. The third-order valence-corrected chi connectivity index (χ3v) is 4.67. The Morgan fingerprint density at radius 1 is 1.56 bits per heavy atom. The van der Waals surface area contributed by atoms with Crippen LogP contribution in [-0.2, 0) is 13.5 Å². The average molecular weight is 328 g/mol. The molecule has 1 unspecified atom stereocenters. The van der Waals surface area contributed by atoms with Crippen molar-refractivity contribution in [2.45, 2.75) is 25.8 Å². The summed E-state index contributed by atoms with van der Waals surface area (Å²) in [4.78, 5) is 1.40. The first-order valence-corrected chi connectivity index (χ1v) is 7.81. The minimum atomic E-state index is 0.437. The van der Waals surface area contributed by atoms with Crippen LogP contribution in [0.25, 0.3) is 0 Å². The third-order valence-electron chi connectivity index (χ3n) is 2.86. The van der Waals surface area contributed by atoms with E-state index in [4.69, 9.17) is 0 Å². The van der Waals surface area contributed by atoms with Gasteiger partial charge in [0.25, 0.3) is 0 Å². The summed E-state index contributed by atoms with van der Waals surface area (Å²) in [6.45, 7) is 3.15. The molecule has 2 heterocycles. The Hall–Kier alpha value is -0.650. The maximum absolute atomic E-state index is 4.21. The van der Waals surface area contributed by atoms with E-state index in [1.54, 1.807) is 0 Å². The van der Waals surface area contributed by atoms with Crippen LogP contribution < -0.4 is 5.32 Å². The van der Waals surface area contributed by atoms with Crippen LogP contribution in [0.3, 0.4) is 0 Å². The summed E-state index contributed by atoms with van der Waals surface area (Å²) in [5.41, 5.74) is 1.30. The lowest BCUT2D eigenvalue weighted by Crippen LogP contribution is -2.20. The van der Waals surface area contributed by atoms with Crippen molar-refractivity contribution < 1.29 is 0 Å². The molecule has 0 fully saturated rings. The first-order chi connectivity index (χ1) is 8.69. The molecule has 0 amide bonds. The normalized spacial score (nSPS) is 12.8. The Balaban J connectivity index is 1.98. The highest BCUT2D eigenvalue weighted by atomic mass is 79.9. The number of aryl methyl sites for hydroxylation is 2. The van der Waals surface area contributed by atoms with E-state index in [1.807, 2.05) is 29.3 Å². The van der Waals surface area contributed by atoms with E-state index >= 15 is 0 Å². The van der Waals surface area contributed by atoms with Crippen LogP contribution in [0.15, 0.2) is 28.3 Å². The number of thiophene rings is 1. The second-order valence-corrected chi connectivity index (χ2v) is 6.20. The molecule has 2 aromatic rings. The lowest BCUT2D eigenvalue weighted by molar-refractivity contribution is 0.523. The molecule has 18 heavy (non-hydrogen) atoms. The van der Waals surface area contributed by atoms with Crippen molar-refractivity contribution in [1.82, 2.24) is 15.1 Å². The van der Waals surface area contributed by atoms with Gasteiger partial charge in [0.2, 0.25) is 0 Å². The van der Waals surface area contributed by atoms with Crippen LogP contribution in [0.1, 0.15) is 29.8 Å². The second-order valence-electron chi connectivity index (χ2n) is 4.34. The highest BCUT2D eigenvalue weighted by molar-refractivity contribution is 9.10. The number of halogens is 1. The number of nitrogens with one attached hydrogen (secondary N) is 1. The summed E-state index contributed by atoms with van der Waals surface area (Å²) < 4.78 is 3.03. The molecule has 0 radical (unpaired) electrons. The molecule has 1 N–H and O–H groups in total. The van der Waals surface area contributed by atoms with Gasteiger partial charge in [0, 0.05) is 34.0 Å². The average Bonchev–Trinajstić information content (AvgIpc) is 2.94. The fourth-order valence-electron chi connectivity index (χ4n) is 2.01. The van der Waals surface area contributed by atoms with Gasteiger partial charge in [-0.2, -0.15) is 5.10 Å². The minimum absolute atomic E-state index is 0.437. The van der Waals surface area contributed by atoms with Crippen LogP contribution in [0.5, 0.6) is 0 Å². The molecule has 0 aliphatic heterocycles. The van der Waals surface area contributed by atoms with Gasteiger partial charge in [-0.05, 0) is 46.9 Å². The quantitative estimate of drug-likeness (QED) is 0.879. The highest BCUT2D eigenvalue weighted by Gasteiger charge is 2.12. The Morgan fingerprint density at radius 3 is 2.94 bits per heavy atom. The third kappa shape index (κ3) is 3.67. The molecule has 0 saturated heterocycles. The predicted octanol–water partition coefficient (Wildman–Crippen LogP) is 3.53. The monoisotopic (exact) mass is 327 g/mol. The molecule has 0 aliphatic carbocycles. The molecule has 2 rings (SSSR count). The summed E-state index contributed by atoms with van der Waals surface area (Å²) in [6.07, 6.45) is 6.20. The van der Waals surface area contributed by atoms with Crippen LogP contribution in [0.2, 0.25) is 0 Å². The fraction of sp³-hybridized carbons (Fsp3) is 0.462. The molecule has 0 spiro atoms. The van der Waals surface area contributed by atoms with E-state index in [1.165, 1.54) is 14.9 Å². The molecule has 5 heteroatoms. The van der Waals surface area contributed by atoms with Gasteiger partial charge in [0.05, 0.1) is 6.20 Å². The van der Waals surface area contributed by atoms with Crippen molar-refractivity contribution >= 4 is 27.3 Å². The summed E-state index contributed by atoms with van der Waals surface area (Å²) in [6, 6.07) is 2.65. The Labute approximate surface area is 120 Å². The zero-order chi connectivity index (χ0) is 13.0. The maximum Gasteiger partial charge on any atom is 0.0521 e. The van der Waals surface area contributed by atoms with Gasteiger partial charge >= 0.3 is 0 Å². The van der Waals surface area contributed by atoms with Crippen LogP contribution in [0, 0.1) is 0 Å². The van der Waals surface area contributed by atoms with Gasteiger partial charge in [0.1, 0.15) is 0 Å². The molecule has 3 nitrogen and oxygen atoms in total. The van der Waals surface area contributed by atoms with Crippen LogP contribution in [0.4, 0.5) is 0 Å². The smallest absolute Gasteiger partial charge is 0.0521 e. The van der Waals surface area contributed by atoms with Gasteiger partial charge < -0.3 is 5.32 Å². The van der Waals surface area contributed by atoms with Gasteiger partial charge in [0.15, 0.2) is 0 Å². The van der Waals surface area contributed by atoms with Crippen molar-refractivity contribution in [3.05, 3.63) is 38.8 Å². The summed E-state index contributed by atoms with van der Waals surface area (Å²) in [5.74, 6) is 0. The number of aromatic nitrogens is 2. The lowest BCUT2D eigenvalue weighted by atomic mass is 10.1. The maximum atomic E-state index is 4.21. The first-order valence-electron chi connectivity index (χ1n) is 6.14. The molecule has 0 saturated carbocycles. The molecule has 0 aromatic carbocycles. The highest BCUT2D eigenvalue weighted by Crippen LogP contribution is 2.28. The molecular weight excluding hydrogens is 310 g/mol. The molecule has 1 atom stereocenters. The topological polar surface area (TPSA) is 29.9 Å². The molecular formula is C13H18BrN3S. The van der Waals surface area contributed by atoms with E-state index < -0.39 is 0 Å². The largest absolute Gasteiger partial charge is 0.310 e. The zero-order valence-corrected chi connectivity index (χ0v) is 13.1. The van der Waals surface area contributed by atoms with E-state index in [0.29, 0.717) is 6.04 Å². The zero-order valence-electron chi connectivity index (χ0n) is 10.7. The van der Waals surface area contributed by atoms with Crippen LogP contribution >= 0.6 is 27.3 Å². The number of rotatable bonds is 6. The first kappa shape index (κ1) is 13.8. The minimum Gasteiger partial charge on any atom is -0.310 e. The van der Waals surface area contributed by atoms with Crippen molar-refractivity contribution in [1.29, 1.82) is 0 Å².